The van der Waals surface area contributed by atoms with E-state index in [1.807, 2.05) is 30.3 Å². The SMILES string of the molecule is O=C(O)C1CC(C(=O)O)C1C(=O)N1CCCC(c2ccccc2)C1. The summed E-state index contributed by atoms with van der Waals surface area (Å²) in [6.07, 6.45) is 1.85. The van der Waals surface area contributed by atoms with Gasteiger partial charge in [-0.15, -0.1) is 0 Å². The number of piperidine rings is 1. The van der Waals surface area contributed by atoms with Crippen LogP contribution in [0.3, 0.4) is 0 Å². The van der Waals surface area contributed by atoms with Crippen molar-refractivity contribution in [2.75, 3.05) is 13.1 Å². The molecule has 1 heterocycles. The van der Waals surface area contributed by atoms with Crippen molar-refractivity contribution in [3.63, 3.8) is 0 Å². The molecule has 0 spiro atoms. The van der Waals surface area contributed by atoms with Crippen LogP contribution in [0.4, 0.5) is 0 Å². The molecule has 24 heavy (non-hydrogen) atoms. The number of rotatable bonds is 4. The predicted molar refractivity (Wildman–Crippen MR) is 85.4 cm³/mol. The molecule has 1 aromatic rings. The highest BCUT2D eigenvalue weighted by Gasteiger charge is 2.54. The minimum atomic E-state index is -1.08. The van der Waals surface area contributed by atoms with Crippen LogP contribution >= 0.6 is 0 Å². The fourth-order valence-corrected chi connectivity index (χ4v) is 3.89. The summed E-state index contributed by atoms with van der Waals surface area (Å²) in [6, 6.07) is 9.93. The Bertz CT molecular complexity index is 624. The zero-order chi connectivity index (χ0) is 17.3. The van der Waals surface area contributed by atoms with Crippen LogP contribution < -0.4 is 0 Å². The number of carboxylic acid groups (broad SMARTS) is 2. The molecule has 1 saturated carbocycles. The van der Waals surface area contributed by atoms with Crippen LogP contribution in [-0.4, -0.2) is 46.0 Å². The lowest BCUT2D eigenvalue weighted by Crippen LogP contribution is -2.55. The summed E-state index contributed by atoms with van der Waals surface area (Å²) in [7, 11) is 0. The van der Waals surface area contributed by atoms with Crippen molar-refractivity contribution in [1.29, 1.82) is 0 Å². The first-order chi connectivity index (χ1) is 11.5. The number of benzene rings is 1. The molecule has 1 amide bonds. The van der Waals surface area contributed by atoms with Gasteiger partial charge in [0.25, 0.3) is 0 Å². The average Bonchev–Trinajstić information content (AvgIpc) is 2.54. The van der Waals surface area contributed by atoms with E-state index >= 15 is 0 Å². The number of hydrogen-bond acceptors (Lipinski definition) is 3. The second-order valence-corrected chi connectivity index (χ2v) is 6.69. The lowest BCUT2D eigenvalue weighted by atomic mass is 9.64. The summed E-state index contributed by atoms with van der Waals surface area (Å²) in [4.78, 5) is 37.0. The molecule has 2 N–H and O–H groups in total. The predicted octanol–water partition coefficient (Wildman–Crippen LogP) is 1.81. The highest BCUT2D eigenvalue weighted by Crippen LogP contribution is 2.43. The van der Waals surface area contributed by atoms with Crippen LogP contribution in [-0.2, 0) is 14.4 Å². The highest BCUT2D eigenvalue weighted by molar-refractivity contribution is 5.92. The third-order valence-electron chi connectivity index (χ3n) is 5.30. The molecule has 128 valence electrons. The molecule has 1 aliphatic carbocycles. The van der Waals surface area contributed by atoms with Crippen LogP contribution in [0.5, 0.6) is 0 Å². The highest BCUT2D eigenvalue weighted by atomic mass is 16.4. The second-order valence-electron chi connectivity index (χ2n) is 6.69. The van der Waals surface area contributed by atoms with Crippen molar-refractivity contribution >= 4 is 17.8 Å². The van der Waals surface area contributed by atoms with Gasteiger partial charge in [-0.25, -0.2) is 0 Å². The van der Waals surface area contributed by atoms with E-state index in [-0.39, 0.29) is 18.2 Å². The zero-order valence-electron chi connectivity index (χ0n) is 13.3. The number of hydrogen-bond donors (Lipinski definition) is 2. The fraction of sp³-hybridized carbons (Fsp3) is 0.500. The fourth-order valence-electron chi connectivity index (χ4n) is 3.89. The topological polar surface area (TPSA) is 94.9 Å². The minimum Gasteiger partial charge on any atom is -0.481 e. The van der Waals surface area contributed by atoms with Gasteiger partial charge >= 0.3 is 11.9 Å². The van der Waals surface area contributed by atoms with Crippen molar-refractivity contribution in [2.24, 2.45) is 17.8 Å². The Morgan fingerprint density at radius 1 is 1.00 bits per heavy atom. The Kier molecular flexibility index (Phi) is 4.55. The van der Waals surface area contributed by atoms with Gasteiger partial charge in [-0.3, -0.25) is 14.4 Å². The Morgan fingerprint density at radius 2 is 1.62 bits per heavy atom. The van der Waals surface area contributed by atoms with Gasteiger partial charge in [0.1, 0.15) is 0 Å². The van der Waals surface area contributed by atoms with Crippen molar-refractivity contribution in [2.45, 2.75) is 25.2 Å². The third kappa shape index (κ3) is 3.00. The summed E-state index contributed by atoms with van der Waals surface area (Å²) < 4.78 is 0. The number of aliphatic carboxylic acids is 2. The minimum absolute atomic E-state index is 0.0387. The maximum Gasteiger partial charge on any atom is 0.307 e. The van der Waals surface area contributed by atoms with E-state index in [0.717, 1.165) is 18.4 Å². The summed E-state index contributed by atoms with van der Waals surface area (Å²) in [5.41, 5.74) is 1.16. The number of amides is 1. The summed E-state index contributed by atoms with van der Waals surface area (Å²) in [5.74, 6) is -4.96. The molecule has 3 unspecified atom stereocenters. The maximum absolute atomic E-state index is 12.8. The molecule has 1 saturated heterocycles. The van der Waals surface area contributed by atoms with Crippen LogP contribution in [0.15, 0.2) is 30.3 Å². The van der Waals surface area contributed by atoms with E-state index in [2.05, 4.69) is 0 Å². The van der Waals surface area contributed by atoms with E-state index in [1.54, 1.807) is 4.90 Å². The van der Waals surface area contributed by atoms with E-state index in [9.17, 15) is 24.6 Å². The largest absolute Gasteiger partial charge is 0.481 e. The third-order valence-corrected chi connectivity index (χ3v) is 5.30. The summed E-state index contributed by atoms with van der Waals surface area (Å²) >= 11 is 0. The normalized spacial score (nSPS) is 29.6. The summed E-state index contributed by atoms with van der Waals surface area (Å²) in [6.45, 7) is 1.09. The van der Waals surface area contributed by atoms with Gasteiger partial charge in [-0.1, -0.05) is 30.3 Å². The Balaban J connectivity index is 1.73. The molecule has 6 nitrogen and oxygen atoms in total. The number of carbonyl (C=O) groups is 3. The van der Waals surface area contributed by atoms with E-state index < -0.39 is 29.7 Å². The Hall–Kier alpha value is -2.37. The van der Waals surface area contributed by atoms with E-state index in [1.165, 1.54) is 0 Å². The lowest BCUT2D eigenvalue weighted by molar-refractivity contribution is -0.171. The van der Waals surface area contributed by atoms with Gasteiger partial charge in [0.2, 0.25) is 5.91 Å². The molecule has 2 aliphatic rings. The molecule has 3 atom stereocenters. The van der Waals surface area contributed by atoms with E-state index in [0.29, 0.717) is 13.1 Å². The molecule has 0 aromatic heterocycles. The van der Waals surface area contributed by atoms with Crippen LogP contribution in [0.1, 0.15) is 30.7 Å². The molecular formula is C18H21NO5. The van der Waals surface area contributed by atoms with Crippen LogP contribution in [0, 0.1) is 17.8 Å². The summed E-state index contributed by atoms with van der Waals surface area (Å²) in [5, 5.41) is 18.4. The van der Waals surface area contributed by atoms with Gasteiger partial charge in [0.15, 0.2) is 0 Å². The first kappa shape index (κ1) is 16.5. The molecular weight excluding hydrogens is 310 g/mol. The first-order valence-electron chi connectivity index (χ1n) is 8.28. The van der Waals surface area contributed by atoms with Crippen molar-refractivity contribution in [1.82, 2.24) is 4.90 Å². The van der Waals surface area contributed by atoms with Crippen LogP contribution in [0.2, 0.25) is 0 Å². The average molecular weight is 331 g/mol. The number of likely N-dealkylation sites (tertiary alicyclic amines) is 1. The van der Waals surface area contributed by atoms with Crippen molar-refractivity contribution < 1.29 is 24.6 Å². The molecule has 0 radical (unpaired) electrons. The molecule has 2 fully saturated rings. The Labute approximate surface area is 140 Å². The standard InChI is InChI=1S/C18H21NO5/c20-16(15-13(17(21)22)9-14(15)18(23)24)19-8-4-7-12(10-19)11-5-2-1-3-6-11/h1-3,5-6,12-15H,4,7-10H2,(H,21,22)(H,23,24). The van der Waals surface area contributed by atoms with Gasteiger partial charge in [0.05, 0.1) is 17.8 Å². The quantitative estimate of drug-likeness (QED) is 0.877. The maximum atomic E-state index is 12.8. The molecule has 3 rings (SSSR count). The number of carbonyl (C=O) groups excluding carboxylic acids is 1. The molecule has 1 aromatic carbocycles. The number of nitrogens with zero attached hydrogens (tertiary/aromatic N) is 1. The van der Waals surface area contributed by atoms with Crippen molar-refractivity contribution in [3.8, 4) is 0 Å². The molecule has 6 heteroatoms. The van der Waals surface area contributed by atoms with Gasteiger partial charge in [-0.2, -0.15) is 0 Å². The van der Waals surface area contributed by atoms with Gasteiger partial charge in [-0.05, 0) is 24.8 Å². The van der Waals surface area contributed by atoms with Gasteiger partial charge < -0.3 is 15.1 Å². The van der Waals surface area contributed by atoms with E-state index in [4.69, 9.17) is 0 Å². The monoisotopic (exact) mass is 331 g/mol. The van der Waals surface area contributed by atoms with Crippen LogP contribution in [0.25, 0.3) is 0 Å². The second kappa shape index (κ2) is 6.63. The van der Waals surface area contributed by atoms with Gasteiger partial charge in [0, 0.05) is 19.0 Å². The smallest absolute Gasteiger partial charge is 0.307 e. The lowest BCUT2D eigenvalue weighted by Gasteiger charge is -2.43. The number of carboxylic acids is 2. The van der Waals surface area contributed by atoms with Crippen molar-refractivity contribution in [3.05, 3.63) is 35.9 Å². The first-order valence-corrected chi connectivity index (χ1v) is 8.28. The molecule has 1 aliphatic heterocycles. The zero-order valence-corrected chi connectivity index (χ0v) is 13.3. The molecule has 0 bridgehead atoms. The Morgan fingerprint density at radius 3 is 2.21 bits per heavy atom.